The van der Waals surface area contributed by atoms with E-state index in [2.05, 4.69) is 9.72 Å². The molecule has 0 aromatic carbocycles. The van der Waals surface area contributed by atoms with Crippen LogP contribution in [0.4, 0.5) is 13.2 Å². The molecule has 19 heavy (non-hydrogen) atoms. The standard InChI is InChI=1S/C11H12F3NO4/c1-3-18-8-7(16)6(10(17)19-4-2)5-15-9(8)11(12,13)14/h5H,3-4H2,1-2H3,(H,15,16). The van der Waals surface area contributed by atoms with Gasteiger partial charge in [0.25, 0.3) is 0 Å². The number of hydrogen-bond donors (Lipinski definition) is 1. The van der Waals surface area contributed by atoms with E-state index in [-0.39, 0.29) is 13.2 Å². The maximum Gasteiger partial charge on any atom is 0.437 e. The van der Waals surface area contributed by atoms with E-state index in [9.17, 15) is 23.1 Å². The lowest BCUT2D eigenvalue weighted by Gasteiger charge is -2.15. The van der Waals surface area contributed by atoms with Crippen molar-refractivity contribution < 1.29 is 32.5 Å². The Kier molecular flexibility index (Phi) is 4.57. The molecule has 0 radical (unpaired) electrons. The summed E-state index contributed by atoms with van der Waals surface area (Å²) in [5, 5.41) is 9.70. The van der Waals surface area contributed by atoms with Gasteiger partial charge < -0.3 is 14.6 Å². The van der Waals surface area contributed by atoms with Gasteiger partial charge in [-0.2, -0.15) is 13.2 Å². The average molecular weight is 279 g/mol. The minimum Gasteiger partial charge on any atom is -0.504 e. The molecule has 0 aliphatic carbocycles. The van der Waals surface area contributed by atoms with Gasteiger partial charge in [0, 0.05) is 6.20 Å². The van der Waals surface area contributed by atoms with Gasteiger partial charge in [-0.15, -0.1) is 0 Å². The van der Waals surface area contributed by atoms with Gasteiger partial charge in [0.2, 0.25) is 0 Å². The number of carbonyl (C=O) groups excluding carboxylic acids is 1. The van der Waals surface area contributed by atoms with Gasteiger partial charge in [-0.3, -0.25) is 0 Å². The molecular weight excluding hydrogens is 267 g/mol. The van der Waals surface area contributed by atoms with E-state index in [1.54, 1.807) is 0 Å². The fourth-order valence-corrected chi connectivity index (χ4v) is 1.32. The molecule has 0 amide bonds. The van der Waals surface area contributed by atoms with Crippen LogP contribution in [0.2, 0.25) is 0 Å². The quantitative estimate of drug-likeness (QED) is 0.857. The van der Waals surface area contributed by atoms with Crippen molar-refractivity contribution in [3.8, 4) is 11.5 Å². The van der Waals surface area contributed by atoms with Gasteiger partial charge in [0.15, 0.2) is 17.2 Å². The molecule has 0 atom stereocenters. The summed E-state index contributed by atoms with van der Waals surface area (Å²) < 4.78 is 47.3. The molecule has 106 valence electrons. The fourth-order valence-electron chi connectivity index (χ4n) is 1.32. The van der Waals surface area contributed by atoms with Crippen molar-refractivity contribution in [2.24, 2.45) is 0 Å². The molecule has 0 spiro atoms. The highest BCUT2D eigenvalue weighted by molar-refractivity contribution is 5.93. The topological polar surface area (TPSA) is 68.7 Å². The number of nitrogens with zero attached hydrogens (tertiary/aromatic N) is 1. The predicted octanol–water partition coefficient (Wildman–Crippen LogP) is 2.38. The summed E-state index contributed by atoms with van der Waals surface area (Å²) in [6.07, 6.45) is -4.19. The summed E-state index contributed by atoms with van der Waals surface area (Å²) in [4.78, 5) is 14.5. The van der Waals surface area contributed by atoms with Gasteiger partial charge in [0.05, 0.1) is 13.2 Å². The molecule has 5 nitrogen and oxygen atoms in total. The van der Waals surface area contributed by atoms with Gasteiger partial charge in [0.1, 0.15) is 5.56 Å². The molecule has 0 unspecified atom stereocenters. The normalized spacial score (nSPS) is 11.2. The number of aromatic hydroxyl groups is 1. The van der Waals surface area contributed by atoms with Crippen LogP contribution in [0.1, 0.15) is 29.9 Å². The van der Waals surface area contributed by atoms with Crippen LogP contribution < -0.4 is 4.74 Å². The second-order valence-corrected chi connectivity index (χ2v) is 3.35. The molecular formula is C11H12F3NO4. The fraction of sp³-hybridized carbons (Fsp3) is 0.455. The van der Waals surface area contributed by atoms with Crippen LogP contribution in [0, 0.1) is 0 Å². The van der Waals surface area contributed by atoms with Crippen LogP contribution in [0.25, 0.3) is 0 Å². The lowest BCUT2D eigenvalue weighted by molar-refractivity contribution is -0.142. The number of halogens is 3. The van der Waals surface area contributed by atoms with Crippen LogP contribution >= 0.6 is 0 Å². The SMILES string of the molecule is CCOC(=O)c1cnc(C(F)(F)F)c(OCC)c1O. The molecule has 1 N–H and O–H groups in total. The van der Waals surface area contributed by atoms with Crippen LogP contribution in [0.15, 0.2) is 6.20 Å². The number of carbonyl (C=O) groups is 1. The first-order chi connectivity index (χ1) is 8.82. The highest BCUT2D eigenvalue weighted by Crippen LogP contribution is 2.41. The molecule has 0 aliphatic rings. The van der Waals surface area contributed by atoms with Crippen molar-refractivity contribution in [2.45, 2.75) is 20.0 Å². The first-order valence-corrected chi connectivity index (χ1v) is 5.41. The molecule has 0 bridgehead atoms. The number of esters is 1. The number of hydrogen-bond acceptors (Lipinski definition) is 5. The van der Waals surface area contributed by atoms with E-state index in [4.69, 9.17) is 4.74 Å². The Hall–Kier alpha value is -1.99. The lowest BCUT2D eigenvalue weighted by atomic mass is 10.2. The number of aromatic nitrogens is 1. The number of rotatable bonds is 4. The molecule has 0 fully saturated rings. The maximum absolute atomic E-state index is 12.7. The molecule has 1 aromatic rings. The highest BCUT2D eigenvalue weighted by atomic mass is 19.4. The summed E-state index contributed by atoms with van der Waals surface area (Å²) in [7, 11) is 0. The zero-order valence-corrected chi connectivity index (χ0v) is 10.2. The summed E-state index contributed by atoms with van der Waals surface area (Å²) in [5.41, 5.74) is -1.86. The minimum absolute atomic E-state index is 0.0171. The van der Waals surface area contributed by atoms with Crippen molar-refractivity contribution in [3.63, 3.8) is 0 Å². The van der Waals surface area contributed by atoms with E-state index in [0.717, 1.165) is 0 Å². The third kappa shape index (κ3) is 3.27. The molecule has 1 heterocycles. The Labute approximate surface area is 107 Å². The van der Waals surface area contributed by atoms with Crippen molar-refractivity contribution in [2.75, 3.05) is 13.2 Å². The molecule has 8 heteroatoms. The minimum atomic E-state index is -4.80. The Balaban J connectivity index is 3.35. The van der Waals surface area contributed by atoms with Crippen LogP contribution in [0.3, 0.4) is 0 Å². The van der Waals surface area contributed by atoms with E-state index < -0.39 is 34.9 Å². The lowest BCUT2D eigenvalue weighted by Crippen LogP contribution is -2.14. The number of ether oxygens (including phenoxy) is 2. The van der Waals surface area contributed by atoms with E-state index in [1.807, 2.05) is 0 Å². The van der Waals surface area contributed by atoms with Gasteiger partial charge >= 0.3 is 12.1 Å². The average Bonchev–Trinajstić information content (AvgIpc) is 2.30. The third-order valence-electron chi connectivity index (χ3n) is 2.06. The van der Waals surface area contributed by atoms with Crippen LogP contribution in [0.5, 0.6) is 11.5 Å². The second-order valence-electron chi connectivity index (χ2n) is 3.35. The summed E-state index contributed by atoms with van der Waals surface area (Å²) in [6, 6.07) is 0. The maximum atomic E-state index is 12.7. The van der Waals surface area contributed by atoms with E-state index >= 15 is 0 Å². The summed E-state index contributed by atoms with van der Waals surface area (Å²) in [5.74, 6) is -2.77. The highest BCUT2D eigenvalue weighted by Gasteiger charge is 2.39. The largest absolute Gasteiger partial charge is 0.504 e. The van der Waals surface area contributed by atoms with Gasteiger partial charge in [-0.05, 0) is 13.8 Å². The van der Waals surface area contributed by atoms with Crippen LogP contribution in [-0.2, 0) is 10.9 Å². The smallest absolute Gasteiger partial charge is 0.437 e. The van der Waals surface area contributed by atoms with Crippen LogP contribution in [-0.4, -0.2) is 29.3 Å². The number of pyridine rings is 1. The first-order valence-electron chi connectivity index (χ1n) is 5.41. The van der Waals surface area contributed by atoms with Crippen molar-refractivity contribution in [1.29, 1.82) is 0 Å². The Bertz CT molecular complexity index is 474. The Morgan fingerprint density at radius 3 is 2.47 bits per heavy atom. The van der Waals surface area contributed by atoms with Crippen molar-refractivity contribution in [1.82, 2.24) is 4.98 Å². The van der Waals surface area contributed by atoms with E-state index in [1.165, 1.54) is 13.8 Å². The first kappa shape index (κ1) is 15.1. The van der Waals surface area contributed by atoms with Crippen molar-refractivity contribution in [3.05, 3.63) is 17.5 Å². The summed E-state index contributed by atoms with van der Waals surface area (Å²) in [6.45, 7) is 2.86. The molecule has 1 rings (SSSR count). The van der Waals surface area contributed by atoms with Gasteiger partial charge in [-0.1, -0.05) is 0 Å². The number of alkyl halides is 3. The summed E-state index contributed by atoms with van der Waals surface area (Å²) >= 11 is 0. The molecule has 0 saturated heterocycles. The van der Waals surface area contributed by atoms with E-state index in [0.29, 0.717) is 6.20 Å². The predicted molar refractivity (Wildman–Crippen MR) is 58.0 cm³/mol. The molecule has 1 aromatic heterocycles. The Morgan fingerprint density at radius 2 is 2.00 bits per heavy atom. The Morgan fingerprint density at radius 1 is 1.37 bits per heavy atom. The molecule has 0 saturated carbocycles. The zero-order valence-electron chi connectivity index (χ0n) is 10.2. The zero-order chi connectivity index (χ0) is 14.6. The second kappa shape index (κ2) is 5.77. The monoisotopic (exact) mass is 279 g/mol. The van der Waals surface area contributed by atoms with Crippen molar-refractivity contribution >= 4 is 5.97 Å². The molecule has 0 aliphatic heterocycles. The van der Waals surface area contributed by atoms with Gasteiger partial charge in [-0.25, -0.2) is 9.78 Å². The third-order valence-corrected chi connectivity index (χ3v) is 2.06.